The normalized spacial score (nSPS) is 10.3. The van der Waals surface area contributed by atoms with Crippen molar-refractivity contribution in [2.24, 2.45) is 0 Å². The van der Waals surface area contributed by atoms with Gasteiger partial charge >= 0.3 is 0 Å². The Morgan fingerprint density at radius 1 is 1.31 bits per heavy atom. The van der Waals surface area contributed by atoms with Gasteiger partial charge in [0.15, 0.2) is 0 Å². The van der Waals surface area contributed by atoms with E-state index in [2.05, 4.69) is 26.1 Å². The van der Waals surface area contributed by atoms with E-state index in [0.717, 1.165) is 0 Å². The van der Waals surface area contributed by atoms with Gasteiger partial charge in [0.2, 0.25) is 4.73 Å². The van der Waals surface area contributed by atoms with Gasteiger partial charge in [0.25, 0.3) is 0 Å². The first-order valence-electron chi connectivity index (χ1n) is 3.59. The third kappa shape index (κ3) is 1.47. The van der Waals surface area contributed by atoms with Gasteiger partial charge in [-0.3, -0.25) is 4.57 Å². The molecule has 1 heterocycles. The molecule has 2 aromatic rings. The van der Waals surface area contributed by atoms with Crippen LogP contribution < -0.4 is 0 Å². The molecule has 0 aliphatic carbocycles. The monoisotopic (exact) mass is 241 g/mol. The van der Waals surface area contributed by atoms with Crippen LogP contribution in [-0.2, 0) is 0 Å². The smallest absolute Gasteiger partial charge is 0.204 e. The number of hydrogen-bond donors (Lipinski definition) is 0. The van der Waals surface area contributed by atoms with E-state index in [4.69, 9.17) is 0 Å². The third-order valence-corrected chi connectivity index (χ3v) is 2.16. The van der Waals surface area contributed by atoms with Gasteiger partial charge in [-0.2, -0.15) is 0 Å². The Bertz CT molecular complexity index is 427. The van der Waals surface area contributed by atoms with Crippen molar-refractivity contribution in [2.75, 3.05) is 0 Å². The molecule has 0 aliphatic rings. The molecule has 3 nitrogen and oxygen atoms in total. The lowest BCUT2D eigenvalue weighted by Crippen LogP contribution is -1.95. The third-order valence-electron chi connectivity index (χ3n) is 1.62. The zero-order valence-corrected chi connectivity index (χ0v) is 8.07. The predicted octanol–water partition coefficient (Wildman–Crippen LogP) is 2.17. The lowest BCUT2D eigenvalue weighted by Gasteiger charge is -2.02. The molecule has 0 saturated heterocycles. The number of aromatic nitrogens is 3. The minimum absolute atomic E-state index is 0.303. The molecule has 5 heteroatoms. The molecular formula is C8H5BrFN3. The first-order valence-corrected chi connectivity index (χ1v) is 4.39. The summed E-state index contributed by atoms with van der Waals surface area (Å²) in [6, 6.07) is 6.44. The Morgan fingerprint density at radius 3 is 2.69 bits per heavy atom. The summed E-state index contributed by atoms with van der Waals surface area (Å²) in [5.74, 6) is -0.303. The van der Waals surface area contributed by atoms with Gasteiger partial charge in [-0.25, -0.2) is 4.39 Å². The minimum atomic E-state index is -0.303. The topological polar surface area (TPSA) is 30.7 Å². The van der Waals surface area contributed by atoms with Crippen molar-refractivity contribution in [3.05, 3.63) is 41.1 Å². The Kier molecular flexibility index (Phi) is 2.10. The van der Waals surface area contributed by atoms with E-state index in [0.29, 0.717) is 10.4 Å². The molecule has 0 unspecified atom stereocenters. The van der Waals surface area contributed by atoms with E-state index in [1.165, 1.54) is 17.0 Å². The maximum atomic E-state index is 13.2. The summed E-state index contributed by atoms with van der Waals surface area (Å²) in [5.41, 5.74) is 0.430. The van der Waals surface area contributed by atoms with Gasteiger partial charge in [0, 0.05) is 0 Å². The van der Waals surface area contributed by atoms with Crippen molar-refractivity contribution < 1.29 is 4.39 Å². The molecule has 1 aromatic heterocycles. The molecule has 0 atom stereocenters. The van der Waals surface area contributed by atoms with Crippen molar-refractivity contribution in [1.82, 2.24) is 14.8 Å². The van der Waals surface area contributed by atoms with E-state index in [1.54, 1.807) is 18.2 Å². The number of rotatable bonds is 1. The second-order valence-electron chi connectivity index (χ2n) is 2.42. The second kappa shape index (κ2) is 3.26. The van der Waals surface area contributed by atoms with Gasteiger partial charge in [-0.05, 0) is 28.1 Å². The molecule has 2 rings (SSSR count). The van der Waals surface area contributed by atoms with Gasteiger partial charge in [-0.1, -0.05) is 12.1 Å². The van der Waals surface area contributed by atoms with Crippen molar-refractivity contribution in [1.29, 1.82) is 0 Å². The summed E-state index contributed by atoms with van der Waals surface area (Å²) < 4.78 is 15.2. The highest BCUT2D eigenvalue weighted by atomic mass is 79.9. The average molecular weight is 242 g/mol. The zero-order chi connectivity index (χ0) is 9.26. The maximum absolute atomic E-state index is 13.2. The molecule has 0 amide bonds. The number of hydrogen-bond acceptors (Lipinski definition) is 2. The highest BCUT2D eigenvalue weighted by Crippen LogP contribution is 2.16. The van der Waals surface area contributed by atoms with Crippen LogP contribution in [-0.4, -0.2) is 14.8 Å². The molecule has 0 bridgehead atoms. The maximum Gasteiger partial charge on any atom is 0.204 e. The van der Waals surface area contributed by atoms with E-state index in [9.17, 15) is 4.39 Å². The van der Waals surface area contributed by atoms with E-state index < -0.39 is 0 Å². The molecular weight excluding hydrogens is 237 g/mol. The quantitative estimate of drug-likeness (QED) is 0.767. The Hall–Kier alpha value is -1.23. The van der Waals surface area contributed by atoms with Crippen LogP contribution in [0.5, 0.6) is 0 Å². The Labute approximate surface area is 82.3 Å². The van der Waals surface area contributed by atoms with Crippen LogP contribution in [0.1, 0.15) is 0 Å². The summed E-state index contributed by atoms with van der Waals surface area (Å²) in [7, 11) is 0. The molecule has 0 fully saturated rings. The molecule has 1 aromatic carbocycles. The molecule has 0 radical (unpaired) electrons. The Morgan fingerprint density at radius 2 is 2.08 bits per heavy atom. The van der Waals surface area contributed by atoms with Gasteiger partial charge < -0.3 is 0 Å². The zero-order valence-electron chi connectivity index (χ0n) is 6.48. The fourth-order valence-corrected chi connectivity index (χ4v) is 1.40. The highest BCUT2D eigenvalue weighted by Gasteiger charge is 2.06. The lowest BCUT2D eigenvalue weighted by atomic mass is 10.3. The highest BCUT2D eigenvalue weighted by molar-refractivity contribution is 9.10. The summed E-state index contributed by atoms with van der Waals surface area (Å²) >= 11 is 3.16. The van der Waals surface area contributed by atoms with E-state index in [1.807, 2.05) is 0 Å². The fraction of sp³-hybridized carbons (Fsp3) is 0. The molecule has 0 saturated carbocycles. The lowest BCUT2D eigenvalue weighted by molar-refractivity contribution is 0.617. The first kappa shape index (κ1) is 8.37. The average Bonchev–Trinajstić information content (AvgIpc) is 2.52. The summed E-state index contributed by atoms with van der Waals surface area (Å²) in [5, 5.41) is 7.34. The predicted molar refractivity (Wildman–Crippen MR) is 49.0 cm³/mol. The summed E-state index contributed by atoms with van der Waals surface area (Å²) in [6.45, 7) is 0. The number of halogens is 2. The largest absolute Gasteiger partial charge is 0.273 e. The Balaban J connectivity index is 2.59. The SMILES string of the molecule is Fc1ccccc1-n1cnnc1Br. The minimum Gasteiger partial charge on any atom is -0.273 e. The van der Waals surface area contributed by atoms with Crippen molar-refractivity contribution in [3.8, 4) is 5.69 Å². The standard InChI is InChI=1S/C8H5BrFN3/c9-8-12-11-5-13(8)7-4-2-1-3-6(7)10/h1-5H. The number of nitrogens with zero attached hydrogens (tertiary/aromatic N) is 3. The van der Waals surface area contributed by atoms with Crippen LogP contribution in [0, 0.1) is 5.82 Å². The molecule has 0 N–H and O–H groups in total. The summed E-state index contributed by atoms with van der Waals surface area (Å²) in [6.07, 6.45) is 1.45. The first-order chi connectivity index (χ1) is 6.29. The van der Waals surface area contributed by atoms with Gasteiger partial charge in [0.1, 0.15) is 12.1 Å². The van der Waals surface area contributed by atoms with Crippen LogP contribution in [0.3, 0.4) is 0 Å². The van der Waals surface area contributed by atoms with Crippen LogP contribution >= 0.6 is 15.9 Å². The van der Waals surface area contributed by atoms with Crippen molar-refractivity contribution in [3.63, 3.8) is 0 Å². The molecule has 66 valence electrons. The molecule has 0 spiro atoms. The van der Waals surface area contributed by atoms with Crippen molar-refractivity contribution >= 4 is 15.9 Å². The van der Waals surface area contributed by atoms with Crippen LogP contribution in [0.15, 0.2) is 35.3 Å². The van der Waals surface area contributed by atoms with E-state index >= 15 is 0 Å². The summed E-state index contributed by atoms with van der Waals surface area (Å²) in [4.78, 5) is 0. The van der Waals surface area contributed by atoms with Gasteiger partial charge in [-0.15, -0.1) is 10.2 Å². The van der Waals surface area contributed by atoms with Crippen molar-refractivity contribution in [2.45, 2.75) is 0 Å². The molecule has 13 heavy (non-hydrogen) atoms. The van der Waals surface area contributed by atoms with Crippen LogP contribution in [0.2, 0.25) is 0 Å². The van der Waals surface area contributed by atoms with Crippen LogP contribution in [0.25, 0.3) is 5.69 Å². The fourth-order valence-electron chi connectivity index (χ4n) is 1.03. The number of benzene rings is 1. The van der Waals surface area contributed by atoms with E-state index in [-0.39, 0.29) is 5.82 Å². The number of para-hydroxylation sites is 1. The second-order valence-corrected chi connectivity index (χ2v) is 3.13. The molecule has 0 aliphatic heterocycles. The van der Waals surface area contributed by atoms with Crippen LogP contribution in [0.4, 0.5) is 4.39 Å². The van der Waals surface area contributed by atoms with Gasteiger partial charge in [0.05, 0.1) is 5.69 Å².